The Morgan fingerprint density at radius 1 is 0.971 bits per heavy atom. The second-order valence-corrected chi connectivity index (χ2v) is 10.7. The largest absolute Gasteiger partial charge is 0.338 e. The lowest BCUT2D eigenvalue weighted by molar-refractivity contribution is -0.129. The highest BCUT2D eigenvalue weighted by molar-refractivity contribution is 7.89. The van der Waals surface area contributed by atoms with Gasteiger partial charge in [0.15, 0.2) is 0 Å². The first-order valence-electron chi connectivity index (χ1n) is 11.3. The number of carbonyl (C=O) groups excluding carboxylic acids is 3. The first-order valence-corrected chi connectivity index (χ1v) is 12.7. The van der Waals surface area contributed by atoms with Gasteiger partial charge in [0.05, 0.1) is 10.8 Å². The predicted molar refractivity (Wildman–Crippen MR) is 125 cm³/mol. The Balaban J connectivity index is 1.29. The summed E-state index contributed by atoms with van der Waals surface area (Å²) in [5.74, 6) is -1.69. The number of benzene rings is 2. The molecular formula is C24H28N4O5S. The summed E-state index contributed by atoms with van der Waals surface area (Å²) in [6.45, 7) is 3.70. The summed E-state index contributed by atoms with van der Waals surface area (Å²) in [5, 5.41) is 0. The van der Waals surface area contributed by atoms with Crippen molar-refractivity contribution in [1.29, 1.82) is 0 Å². The van der Waals surface area contributed by atoms with Gasteiger partial charge in [-0.15, -0.1) is 0 Å². The van der Waals surface area contributed by atoms with Gasteiger partial charge in [-0.25, -0.2) is 8.42 Å². The monoisotopic (exact) mass is 484 g/mol. The fraction of sp³-hybridized carbons (Fsp3) is 0.375. The van der Waals surface area contributed by atoms with Crippen LogP contribution in [0.5, 0.6) is 0 Å². The van der Waals surface area contributed by atoms with Gasteiger partial charge in [-0.05, 0) is 49.6 Å². The van der Waals surface area contributed by atoms with Gasteiger partial charge >= 0.3 is 0 Å². The molecular weight excluding hydrogens is 456 g/mol. The number of nitrogens with zero attached hydrogens (tertiary/aromatic N) is 2. The van der Waals surface area contributed by atoms with Gasteiger partial charge in [0, 0.05) is 38.2 Å². The van der Waals surface area contributed by atoms with E-state index in [0.717, 1.165) is 24.0 Å². The molecule has 1 unspecified atom stereocenters. The van der Waals surface area contributed by atoms with Crippen molar-refractivity contribution in [3.05, 3.63) is 65.2 Å². The van der Waals surface area contributed by atoms with Crippen molar-refractivity contribution in [2.24, 2.45) is 5.92 Å². The number of amides is 3. The molecule has 0 radical (unpaired) electrons. The summed E-state index contributed by atoms with van der Waals surface area (Å²) in [7, 11) is -3.56. The van der Waals surface area contributed by atoms with E-state index in [0.29, 0.717) is 19.6 Å². The first kappa shape index (κ1) is 23.9. The molecule has 2 aliphatic heterocycles. The molecule has 10 heteroatoms. The summed E-state index contributed by atoms with van der Waals surface area (Å²) in [6.07, 6.45) is 1.77. The molecule has 1 atom stereocenters. The van der Waals surface area contributed by atoms with Crippen molar-refractivity contribution in [3.63, 3.8) is 0 Å². The number of hydrogen-bond donors (Lipinski definition) is 2. The van der Waals surface area contributed by atoms with Crippen molar-refractivity contribution in [1.82, 2.24) is 20.1 Å². The van der Waals surface area contributed by atoms with Crippen LogP contribution in [0.4, 0.5) is 0 Å². The summed E-state index contributed by atoms with van der Waals surface area (Å²) < 4.78 is 26.6. The quantitative estimate of drug-likeness (QED) is 0.604. The third-order valence-corrected chi connectivity index (χ3v) is 8.11. The molecule has 2 fully saturated rings. The Kier molecular flexibility index (Phi) is 6.99. The fourth-order valence-corrected chi connectivity index (χ4v) is 5.68. The lowest BCUT2D eigenvalue weighted by Crippen LogP contribution is -2.45. The maximum Gasteiger partial charge on any atom is 0.269 e. The molecule has 2 N–H and O–H groups in total. The van der Waals surface area contributed by atoms with Crippen LogP contribution < -0.4 is 10.9 Å². The van der Waals surface area contributed by atoms with E-state index in [1.54, 1.807) is 4.90 Å². The molecule has 2 heterocycles. The number of hydrazine groups is 1. The highest BCUT2D eigenvalue weighted by Gasteiger charge is 2.34. The van der Waals surface area contributed by atoms with Crippen LogP contribution in [-0.4, -0.2) is 55.0 Å². The van der Waals surface area contributed by atoms with E-state index in [1.807, 2.05) is 31.2 Å². The molecule has 34 heavy (non-hydrogen) atoms. The number of carbonyl (C=O) groups is 3. The van der Waals surface area contributed by atoms with Crippen molar-refractivity contribution in [2.75, 3.05) is 19.6 Å². The van der Waals surface area contributed by atoms with Crippen LogP contribution in [0.25, 0.3) is 0 Å². The normalized spacial score (nSPS) is 18.8. The molecule has 2 aromatic carbocycles. The summed E-state index contributed by atoms with van der Waals surface area (Å²) in [6, 6.07) is 13.5. The van der Waals surface area contributed by atoms with E-state index in [4.69, 9.17) is 0 Å². The van der Waals surface area contributed by atoms with Crippen LogP contribution >= 0.6 is 0 Å². The van der Waals surface area contributed by atoms with E-state index in [1.165, 1.54) is 28.6 Å². The third-order valence-electron chi connectivity index (χ3n) is 6.20. The Labute approximate surface area is 199 Å². The van der Waals surface area contributed by atoms with Crippen molar-refractivity contribution in [3.8, 4) is 0 Å². The molecule has 9 nitrogen and oxygen atoms in total. The van der Waals surface area contributed by atoms with E-state index in [9.17, 15) is 22.8 Å². The van der Waals surface area contributed by atoms with E-state index >= 15 is 0 Å². The second-order valence-electron chi connectivity index (χ2n) is 8.74. The zero-order valence-corrected chi connectivity index (χ0v) is 19.8. The van der Waals surface area contributed by atoms with Crippen LogP contribution in [0.1, 0.15) is 40.7 Å². The van der Waals surface area contributed by atoms with Crippen LogP contribution in [-0.2, 0) is 26.2 Å². The highest BCUT2D eigenvalue weighted by atomic mass is 32.2. The van der Waals surface area contributed by atoms with E-state index < -0.39 is 27.8 Å². The maximum absolute atomic E-state index is 12.6. The molecule has 2 aromatic rings. The second kappa shape index (κ2) is 9.94. The Bertz CT molecular complexity index is 1170. The molecule has 2 aliphatic rings. The molecule has 0 aromatic heterocycles. The Morgan fingerprint density at radius 3 is 2.26 bits per heavy atom. The Hall–Kier alpha value is -3.24. The first-order chi connectivity index (χ1) is 16.2. The van der Waals surface area contributed by atoms with Gasteiger partial charge in [0.25, 0.3) is 5.91 Å². The average Bonchev–Trinajstić information content (AvgIpc) is 3.50. The number of nitrogens with one attached hydrogen (secondary N) is 2. The topological polar surface area (TPSA) is 116 Å². The minimum absolute atomic E-state index is 0.0800. The maximum atomic E-state index is 12.6. The van der Waals surface area contributed by atoms with Crippen LogP contribution in [0, 0.1) is 12.8 Å². The molecule has 0 bridgehead atoms. The van der Waals surface area contributed by atoms with Gasteiger partial charge in [-0.2, -0.15) is 4.31 Å². The van der Waals surface area contributed by atoms with Crippen LogP contribution in [0.15, 0.2) is 53.4 Å². The zero-order chi connectivity index (χ0) is 24.3. The summed E-state index contributed by atoms with van der Waals surface area (Å²) in [5.41, 5.74) is 7.06. The lowest BCUT2D eigenvalue weighted by atomic mass is 10.1. The SMILES string of the molecule is Cc1ccc(CN2CC(C(=O)NNC(=O)c3ccc(S(=O)(=O)N4CCCC4)cc3)CC2=O)cc1. The number of aryl methyl sites for hydroxylation is 1. The number of rotatable bonds is 6. The van der Waals surface area contributed by atoms with Gasteiger partial charge in [-0.1, -0.05) is 29.8 Å². The van der Waals surface area contributed by atoms with Gasteiger partial charge in [0.1, 0.15) is 0 Å². The molecule has 3 amide bonds. The Morgan fingerprint density at radius 2 is 1.62 bits per heavy atom. The fourth-order valence-electron chi connectivity index (χ4n) is 4.16. The van der Waals surface area contributed by atoms with Crippen molar-refractivity contribution >= 4 is 27.7 Å². The highest BCUT2D eigenvalue weighted by Crippen LogP contribution is 2.22. The minimum atomic E-state index is -3.56. The third kappa shape index (κ3) is 5.28. The average molecular weight is 485 g/mol. The number of sulfonamides is 1. The van der Waals surface area contributed by atoms with Gasteiger partial charge < -0.3 is 4.90 Å². The summed E-state index contributed by atoms with van der Waals surface area (Å²) in [4.78, 5) is 39.0. The van der Waals surface area contributed by atoms with Gasteiger partial charge in [-0.3, -0.25) is 25.2 Å². The molecule has 0 saturated carbocycles. The predicted octanol–water partition coefficient (Wildman–Crippen LogP) is 1.59. The molecule has 0 aliphatic carbocycles. The summed E-state index contributed by atoms with van der Waals surface area (Å²) >= 11 is 0. The minimum Gasteiger partial charge on any atom is -0.338 e. The van der Waals surface area contributed by atoms with Crippen LogP contribution in [0.3, 0.4) is 0 Å². The van der Waals surface area contributed by atoms with Gasteiger partial charge in [0.2, 0.25) is 21.8 Å². The molecule has 180 valence electrons. The number of hydrogen-bond acceptors (Lipinski definition) is 5. The van der Waals surface area contributed by atoms with Crippen LogP contribution in [0.2, 0.25) is 0 Å². The van der Waals surface area contributed by atoms with E-state index in [-0.39, 0.29) is 29.3 Å². The standard InChI is InChI=1S/C24H28N4O5S/c1-17-4-6-18(7-5-17)15-27-16-20(14-22(27)29)24(31)26-25-23(30)19-8-10-21(11-9-19)34(32,33)28-12-2-3-13-28/h4-11,20H,2-3,12-16H2,1H3,(H,25,30)(H,26,31). The molecule has 0 spiro atoms. The van der Waals surface area contributed by atoms with Crippen molar-refractivity contribution in [2.45, 2.75) is 37.6 Å². The smallest absolute Gasteiger partial charge is 0.269 e. The van der Waals surface area contributed by atoms with Crippen molar-refractivity contribution < 1.29 is 22.8 Å². The molecule has 2 saturated heterocycles. The van der Waals surface area contributed by atoms with E-state index in [2.05, 4.69) is 10.9 Å². The zero-order valence-electron chi connectivity index (χ0n) is 19.0. The number of likely N-dealkylation sites (tertiary alicyclic amines) is 1. The lowest BCUT2D eigenvalue weighted by Gasteiger charge is -2.17. The molecule has 4 rings (SSSR count).